The van der Waals surface area contributed by atoms with Crippen LogP contribution in [0.15, 0.2) is 48.5 Å². The molecule has 2 rings (SSSR count). The van der Waals surface area contributed by atoms with E-state index in [4.69, 9.17) is 16.3 Å². The quantitative estimate of drug-likeness (QED) is 0.687. The molecule has 126 valence electrons. The Hall–Kier alpha value is -2.05. The molecule has 0 unspecified atom stereocenters. The highest BCUT2D eigenvalue weighted by atomic mass is 79.9. The molecule has 0 aliphatic rings. The van der Waals surface area contributed by atoms with Gasteiger partial charge in [-0.25, -0.2) is 0 Å². The number of hydrogen-bond donors (Lipinski definition) is 2. The van der Waals surface area contributed by atoms with Crippen molar-refractivity contribution in [2.24, 2.45) is 0 Å². The van der Waals surface area contributed by atoms with Crippen LogP contribution in [0, 0.1) is 0 Å². The highest BCUT2D eigenvalue weighted by molar-refractivity contribution is 9.09. The number of halogens is 2. The molecule has 7 heteroatoms. The van der Waals surface area contributed by atoms with E-state index in [9.17, 15) is 9.59 Å². The summed E-state index contributed by atoms with van der Waals surface area (Å²) in [6.07, 6.45) is 0. The highest BCUT2D eigenvalue weighted by Crippen LogP contribution is 2.16. The van der Waals surface area contributed by atoms with Gasteiger partial charge < -0.3 is 15.4 Å². The summed E-state index contributed by atoms with van der Waals surface area (Å²) in [6, 6.07) is 14.1. The van der Waals surface area contributed by atoms with Crippen LogP contribution < -0.4 is 15.4 Å². The summed E-state index contributed by atoms with van der Waals surface area (Å²) in [5.74, 6) is 0.199. The topological polar surface area (TPSA) is 67.4 Å². The molecule has 2 N–H and O–H groups in total. The number of hydrogen-bond acceptors (Lipinski definition) is 3. The maximum absolute atomic E-state index is 11.8. The van der Waals surface area contributed by atoms with E-state index in [-0.39, 0.29) is 23.8 Å². The lowest BCUT2D eigenvalue weighted by Gasteiger charge is -2.09. The SMILES string of the molecule is O=C(COc1cccc(Cl)c1)NCc1ccc(NC(=O)CBr)cc1. The van der Waals surface area contributed by atoms with Gasteiger partial charge in [0.1, 0.15) is 5.75 Å². The third-order valence-corrected chi connectivity index (χ3v) is 3.76. The highest BCUT2D eigenvalue weighted by Gasteiger charge is 2.04. The third-order valence-electron chi connectivity index (χ3n) is 3.01. The fourth-order valence-corrected chi connectivity index (χ4v) is 2.18. The van der Waals surface area contributed by atoms with E-state index in [0.29, 0.717) is 23.0 Å². The second-order valence-corrected chi connectivity index (χ2v) is 5.90. The third kappa shape index (κ3) is 6.22. The van der Waals surface area contributed by atoms with Crippen LogP contribution in [0.25, 0.3) is 0 Å². The van der Waals surface area contributed by atoms with Crippen LogP contribution >= 0.6 is 27.5 Å². The molecule has 0 heterocycles. The van der Waals surface area contributed by atoms with Crippen LogP contribution in [-0.4, -0.2) is 23.8 Å². The van der Waals surface area contributed by atoms with E-state index >= 15 is 0 Å². The van der Waals surface area contributed by atoms with Gasteiger partial charge in [-0.15, -0.1) is 0 Å². The number of carbonyl (C=O) groups is 2. The first kappa shape index (κ1) is 18.3. The summed E-state index contributed by atoms with van der Waals surface area (Å²) >= 11 is 8.93. The van der Waals surface area contributed by atoms with Gasteiger partial charge in [0.25, 0.3) is 5.91 Å². The van der Waals surface area contributed by atoms with Gasteiger partial charge >= 0.3 is 0 Å². The van der Waals surface area contributed by atoms with Gasteiger partial charge in [0.2, 0.25) is 5.91 Å². The monoisotopic (exact) mass is 410 g/mol. The van der Waals surface area contributed by atoms with E-state index in [1.165, 1.54) is 0 Å². The zero-order valence-electron chi connectivity index (χ0n) is 12.7. The van der Waals surface area contributed by atoms with Crippen molar-refractivity contribution in [2.75, 3.05) is 17.3 Å². The lowest BCUT2D eigenvalue weighted by atomic mass is 10.2. The van der Waals surface area contributed by atoms with Crippen molar-refractivity contribution >= 4 is 45.0 Å². The lowest BCUT2D eigenvalue weighted by molar-refractivity contribution is -0.123. The number of carbonyl (C=O) groups excluding carboxylic acids is 2. The molecule has 2 amide bonds. The number of anilines is 1. The zero-order valence-corrected chi connectivity index (χ0v) is 15.1. The largest absolute Gasteiger partial charge is 0.484 e. The normalized spacial score (nSPS) is 10.1. The first-order chi connectivity index (χ1) is 11.6. The van der Waals surface area contributed by atoms with Crippen LogP contribution in [0.4, 0.5) is 5.69 Å². The van der Waals surface area contributed by atoms with Gasteiger partial charge in [-0.05, 0) is 35.9 Å². The molecule has 0 aromatic heterocycles. The van der Waals surface area contributed by atoms with Gasteiger partial charge in [0, 0.05) is 17.3 Å². The van der Waals surface area contributed by atoms with E-state index in [0.717, 1.165) is 5.56 Å². The second-order valence-electron chi connectivity index (χ2n) is 4.90. The molecule has 2 aromatic carbocycles. The Morgan fingerprint density at radius 2 is 1.83 bits per heavy atom. The molecule has 0 aliphatic heterocycles. The van der Waals surface area contributed by atoms with Crippen LogP contribution in [0.2, 0.25) is 5.02 Å². The predicted octanol–water partition coefficient (Wildman–Crippen LogP) is 3.37. The number of rotatable bonds is 7. The summed E-state index contributed by atoms with van der Waals surface area (Å²) in [5, 5.41) is 6.29. The summed E-state index contributed by atoms with van der Waals surface area (Å²) < 4.78 is 5.36. The van der Waals surface area contributed by atoms with Gasteiger partial charge in [-0.2, -0.15) is 0 Å². The second kappa shape index (κ2) is 9.30. The van der Waals surface area contributed by atoms with E-state index in [1.807, 2.05) is 12.1 Å². The molecule has 0 spiro atoms. The Labute approximate surface area is 153 Å². The van der Waals surface area contributed by atoms with E-state index in [1.54, 1.807) is 36.4 Å². The molecule has 0 bridgehead atoms. The van der Waals surface area contributed by atoms with Crippen molar-refractivity contribution in [3.8, 4) is 5.75 Å². The maximum Gasteiger partial charge on any atom is 0.258 e. The molecule has 0 saturated carbocycles. The Morgan fingerprint density at radius 3 is 2.50 bits per heavy atom. The Bertz CT molecular complexity index is 707. The molecular formula is C17H16BrClN2O3. The average Bonchev–Trinajstić information content (AvgIpc) is 2.59. The van der Waals surface area contributed by atoms with Gasteiger partial charge in [0.05, 0.1) is 5.33 Å². The molecule has 5 nitrogen and oxygen atoms in total. The Morgan fingerprint density at radius 1 is 1.08 bits per heavy atom. The van der Waals surface area contributed by atoms with Crippen LogP contribution in [0.3, 0.4) is 0 Å². The molecule has 2 aromatic rings. The van der Waals surface area contributed by atoms with Gasteiger partial charge in [-0.1, -0.05) is 45.7 Å². The van der Waals surface area contributed by atoms with E-state index in [2.05, 4.69) is 26.6 Å². The van der Waals surface area contributed by atoms with Crippen molar-refractivity contribution < 1.29 is 14.3 Å². The number of nitrogens with one attached hydrogen (secondary N) is 2. The first-order valence-electron chi connectivity index (χ1n) is 7.16. The predicted molar refractivity (Wildman–Crippen MR) is 97.7 cm³/mol. The van der Waals surface area contributed by atoms with Crippen molar-refractivity contribution in [1.29, 1.82) is 0 Å². The minimum absolute atomic E-state index is 0.0836. The van der Waals surface area contributed by atoms with Gasteiger partial charge in [0.15, 0.2) is 6.61 Å². The number of benzene rings is 2. The Kier molecular flexibility index (Phi) is 7.08. The van der Waals surface area contributed by atoms with Crippen LogP contribution in [0.1, 0.15) is 5.56 Å². The Balaban J connectivity index is 1.76. The molecule has 0 saturated heterocycles. The summed E-state index contributed by atoms with van der Waals surface area (Å²) in [7, 11) is 0. The van der Waals surface area contributed by atoms with Gasteiger partial charge in [-0.3, -0.25) is 9.59 Å². The molecular weight excluding hydrogens is 396 g/mol. The molecule has 0 fully saturated rings. The molecule has 0 atom stereocenters. The lowest BCUT2D eigenvalue weighted by Crippen LogP contribution is -2.28. The van der Waals surface area contributed by atoms with Crippen molar-refractivity contribution in [3.63, 3.8) is 0 Å². The minimum Gasteiger partial charge on any atom is -0.484 e. The standard InChI is InChI=1S/C17H16BrClN2O3/c18-9-16(22)21-14-6-4-12(5-7-14)10-20-17(23)11-24-15-3-1-2-13(19)8-15/h1-8H,9-11H2,(H,20,23)(H,21,22). The summed E-state index contributed by atoms with van der Waals surface area (Å²) in [4.78, 5) is 23.0. The maximum atomic E-state index is 11.8. The fraction of sp³-hybridized carbons (Fsp3) is 0.176. The van der Waals surface area contributed by atoms with Crippen molar-refractivity contribution in [2.45, 2.75) is 6.54 Å². The van der Waals surface area contributed by atoms with Crippen molar-refractivity contribution in [1.82, 2.24) is 5.32 Å². The van der Waals surface area contributed by atoms with Crippen LogP contribution in [-0.2, 0) is 16.1 Å². The number of ether oxygens (including phenoxy) is 1. The fourth-order valence-electron chi connectivity index (χ4n) is 1.86. The van der Waals surface area contributed by atoms with E-state index < -0.39 is 0 Å². The smallest absolute Gasteiger partial charge is 0.258 e. The van der Waals surface area contributed by atoms with Crippen LogP contribution in [0.5, 0.6) is 5.75 Å². The molecule has 0 aliphatic carbocycles. The van der Waals surface area contributed by atoms with Crippen molar-refractivity contribution in [3.05, 3.63) is 59.1 Å². The minimum atomic E-state index is -0.230. The first-order valence-corrected chi connectivity index (χ1v) is 8.66. The summed E-state index contributed by atoms with van der Waals surface area (Å²) in [6.45, 7) is 0.296. The summed E-state index contributed by atoms with van der Waals surface area (Å²) in [5.41, 5.74) is 1.63. The zero-order chi connectivity index (χ0) is 17.4. The number of amides is 2. The molecule has 0 radical (unpaired) electrons. The average molecular weight is 412 g/mol. The molecule has 24 heavy (non-hydrogen) atoms. The number of alkyl halides is 1.